The highest BCUT2D eigenvalue weighted by molar-refractivity contribution is 6.30. The van der Waals surface area contributed by atoms with Crippen molar-refractivity contribution in [1.29, 1.82) is 0 Å². The molecule has 1 heterocycles. The molecule has 1 N–H and O–H groups in total. The molecule has 2 aromatic rings. The Morgan fingerprint density at radius 2 is 2.20 bits per heavy atom. The quantitative estimate of drug-likeness (QED) is 0.679. The smallest absolute Gasteiger partial charge is 0.275 e. The van der Waals surface area contributed by atoms with Crippen molar-refractivity contribution >= 4 is 17.3 Å². The first-order valence-electron chi connectivity index (χ1n) is 6.27. The van der Waals surface area contributed by atoms with Crippen LogP contribution in [0.4, 0.5) is 5.69 Å². The summed E-state index contributed by atoms with van der Waals surface area (Å²) in [6.07, 6.45) is 3.90. The lowest BCUT2D eigenvalue weighted by Gasteiger charge is -2.08. The lowest BCUT2D eigenvalue weighted by Crippen LogP contribution is -2.11. The molecule has 1 unspecified atom stereocenters. The summed E-state index contributed by atoms with van der Waals surface area (Å²) < 4.78 is 1.93. The van der Waals surface area contributed by atoms with Gasteiger partial charge in [-0.25, -0.2) is 0 Å². The van der Waals surface area contributed by atoms with Crippen molar-refractivity contribution in [3.8, 4) is 0 Å². The summed E-state index contributed by atoms with van der Waals surface area (Å²) in [5.74, 6) is 0. The van der Waals surface area contributed by atoms with E-state index in [9.17, 15) is 10.1 Å². The van der Waals surface area contributed by atoms with E-state index >= 15 is 0 Å². The number of benzene rings is 1. The summed E-state index contributed by atoms with van der Waals surface area (Å²) in [7, 11) is 1.89. The molecule has 1 atom stereocenters. The molecule has 2 rings (SSSR count). The van der Waals surface area contributed by atoms with E-state index in [1.807, 2.05) is 30.1 Å². The minimum Gasteiger partial charge on any atom is -0.349 e. The van der Waals surface area contributed by atoms with Gasteiger partial charge in [0.1, 0.15) is 0 Å². The number of nitrogens with one attached hydrogen (secondary N) is 1. The lowest BCUT2D eigenvalue weighted by atomic mass is 10.2. The molecule has 20 heavy (non-hydrogen) atoms. The Bertz CT molecular complexity index is 625. The van der Waals surface area contributed by atoms with Crippen molar-refractivity contribution in [1.82, 2.24) is 9.88 Å². The average Bonchev–Trinajstić information content (AvgIpc) is 2.88. The van der Waals surface area contributed by atoms with E-state index in [2.05, 4.69) is 12.2 Å². The van der Waals surface area contributed by atoms with Crippen LogP contribution in [0.25, 0.3) is 0 Å². The van der Waals surface area contributed by atoms with Crippen LogP contribution in [0.15, 0.2) is 36.7 Å². The summed E-state index contributed by atoms with van der Waals surface area (Å²) in [6.45, 7) is 2.51. The van der Waals surface area contributed by atoms with Crippen LogP contribution in [0.5, 0.6) is 0 Å². The van der Waals surface area contributed by atoms with Crippen LogP contribution in [0.3, 0.4) is 0 Å². The maximum absolute atomic E-state index is 11.1. The summed E-state index contributed by atoms with van der Waals surface area (Å²) in [6, 6.07) is 7.00. The molecule has 0 bridgehead atoms. The van der Waals surface area contributed by atoms with Gasteiger partial charge in [0, 0.05) is 35.1 Å². The molecule has 0 radical (unpaired) electrons. The average molecular weight is 294 g/mol. The van der Waals surface area contributed by atoms with Crippen LogP contribution < -0.4 is 5.32 Å². The number of nitro benzene ring substituents is 1. The van der Waals surface area contributed by atoms with Gasteiger partial charge in [0.2, 0.25) is 0 Å². The summed E-state index contributed by atoms with van der Waals surface area (Å²) in [5.41, 5.74) is 1.83. The molecule has 6 heteroatoms. The van der Waals surface area contributed by atoms with Gasteiger partial charge < -0.3 is 9.88 Å². The molecule has 1 aromatic heterocycles. The Labute approximate surface area is 122 Å². The van der Waals surface area contributed by atoms with Crippen molar-refractivity contribution in [2.75, 3.05) is 7.05 Å². The third kappa shape index (κ3) is 3.18. The molecule has 0 saturated heterocycles. The van der Waals surface area contributed by atoms with Gasteiger partial charge in [-0.2, -0.15) is 0 Å². The molecular weight excluding hydrogens is 278 g/mol. The normalized spacial score (nSPS) is 12.3. The third-order valence-electron chi connectivity index (χ3n) is 3.30. The SMILES string of the molecule is CNC(C)c1ccn(Cc2ccc(Cl)cc2[N+](=O)[O-])c1. The monoisotopic (exact) mass is 293 g/mol. The zero-order chi connectivity index (χ0) is 14.7. The first-order valence-corrected chi connectivity index (χ1v) is 6.65. The molecule has 0 aliphatic carbocycles. The molecule has 0 fully saturated rings. The van der Waals surface area contributed by atoms with Gasteiger partial charge in [0.05, 0.1) is 11.5 Å². The van der Waals surface area contributed by atoms with Crippen LogP contribution in [-0.4, -0.2) is 16.5 Å². The second kappa shape index (κ2) is 6.07. The highest BCUT2D eigenvalue weighted by Gasteiger charge is 2.15. The summed E-state index contributed by atoms with van der Waals surface area (Å²) >= 11 is 5.81. The molecular formula is C14H16ClN3O2. The molecule has 0 aliphatic heterocycles. The van der Waals surface area contributed by atoms with E-state index in [-0.39, 0.29) is 11.7 Å². The largest absolute Gasteiger partial charge is 0.349 e. The summed E-state index contributed by atoms with van der Waals surface area (Å²) in [4.78, 5) is 10.7. The number of rotatable bonds is 5. The maximum Gasteiger partial charge on any atom is 0.275 e. The van der Waals surface area contributed by atoms with Crippen molar-refractivity contribution in [2.45, 2.75) is 19.5 Å². The van der Waals surface area contributed by atoms with Gasteiger partial charge >= 0.3 is 0 Å². The number of nitrogens with zero attached hydrogens (tertiary/aromatic N) is 2. The van der Waals surface area contributed by atoms with Gasteiger partial charge in [-0.1, -0.05) is 11.6 Å². The predicted octanol–water partition coefficient (Wildman–Crippen LogP) is 3.38. The Kier molecular flexibility index (Phi) is 4.42. The Morgan fingerprint density at radius 3 is 2.85 bits per heavy atom. The van der Waals surface area contributed by atoms with Crippen LogP contribution >= 0.6 is 11.6 Å². The molecule has 1 aromatic carbocycles. The number of halogens is 1. The zero-order valence-corrected chi connectivity index (χ0v) is 12.1. The highest BCUT2D eigenvalue weighted by atomic mass is 35.5. The minimum atomic E-state index is -0.401. The van der Waals surface area contributed by atoms with Crippen LogP contribution in [0.2, 0.25) is 5.02 Å². The van der Waals surface area contributed by atoms with E-state index in [1.165, 1.54) is 6.07 Å². The topological polar surface area (TPSA) is 60.1 Å². The second-order valence-corrected chi connectivity index (χ2v) is 5.09. The fraction of sp³-hybridized carbons (Fsp3) is 0.286. The minimum absolute atomic E-state index is 0.0504. The van der Waals surface area contributed by atoms with Gasteiger partial charge in [0.15, 0.2) is 0 Å². The molecule has 5 nitrogen and oxygen atoms in total. The molecule has 0 aliphatic rings. The number of aromatic nitrogens is 1. The van der Waals surface area contributed by atoms with Crippen LogP contribution in [-0.2, 0) is 6.54 Å². The number of hydrogen-bond acceptors (Lipinski definition) is 3. The Balaban J connectivity index is 2.26. The van der Waals surface area contributed by atoms with Crippen molar-refractivity contribution in [3.05, 3.63) is 62.9 Å². The maximum atomic E-state index is 11.1. The molecule has 0 saturated carbocycles. The lowest BCUT2D eigenvalue weighted by molar-refractivity contribution is -0.385. The van der Waals surface area contributed by atoms with Crippen molar-refractivity contribution in [2.24, 2.45) is 0 Å². The van der Waals surface area contributed by atoms with E-state index in [1.54, 1.807) is 12.1 Å². The van der Waals surface area contributed by atoms with Crippen molar-refractivity contribution < 1.29 is 4.92 Å². The van der Waals surface area contributed by atoms with Crippen LogP contribution in [0.1, 0.15) is 24.1 Å². The zero-order valence-electron chi connectivity index (χ0n) is 11.3. The standard InChI is InChI=1S/C14H16ClN3O2/c1-10(16-2)11-5-6-17(8-11)9-12-3-4-13(15)7-14(12)18(19)20/h3-8,10,16H,9H2,1-2H3. The Hall–Kier alpha value is -1.85. The van der Waals surface area contributed by atoms with Crippen LogP contribution in [0, 0.1) is 10.1 Å². The Morgan fingerprint density at radius 1 is 1.45 bits per heavy atom. The van der Waals surface area contributed by atoms with Gasteiger partial charge in [0.25, 0.3) is 5.69 Å². The fourth-order valence-electron chi connectivity index (χ4n) is 2.02. The molecule has 0 spiro atoms. The number of nitro groups is 1. The van der Waals surface area contributed by atoms with E-state index in [0.29, 0.717) is 17.1 Å². The molecule has 106 valence electrons. The predicted molar refractivity (Wildman–Crippen MR) is 79.1 cm³/mol. The van der Waals surface area contributed by atoms with Crippen molar-refractivity contribution in [3.63, 3.8) is 0 Å². The molecule has 0 amide bonds. The van der Waals surface area contributed by atoms with E-state index in [4.69, 9.17) is 11.6 Å². The first-order chi connectivity index (χ1) is 9.51. The van der Waals surface area contributed by atoms with Gasteiger partial charge in [-0.3, -0.25) is 10.1 Å². The van der Waals surface area contributed by atoms with E-state index < -0.39 is 4.92 Å². The third-order valence-corrected chi connectivity index (χ3v) is 3.54. The highest BCUT2D eigenvalue weighted by Crippen LogP contribution is 2.24. The summed E-state index contributed by atoms with van der Waals surface area (Å²) in [5, 5.41) is 14.6. The van der Waals surface area contributed by atoms with Gasteiger partial charge in [-0.15, -0.1) is 0 Å². The first kappa shape index (κ1) is 14.6. The van der Waals surface area contributed by atoms with Gasteiger partial charge in [-0.05, 0) is 37.7 Å². The van der Waals surface area contributed by atoms with E-state index in [0.717, 1.165) is 5.56 Å². The second-order valence-electron chi connectivity index (χ2n) is 4.66. The fourth-order valence-corrected chi connectivity index (χ4v) is 2.18. The number of hydrogen-bond donors (Lipinski definition) is 1.